The first-order chi connectivity index (χ1) is 7.83. The quantitative estimate of drug-likeness (QED) is 0.704. The Morgan fingerprint density at radius 3 is 2.38 bits per heavy atom. The first-order valence-corrected chi connectivity index (χ1v) is 6.21. The second-order valence-corrected chi connectivity index (χ2v) is 3.01. The van der Waals surface area contributed by atoms with Crippen LogP contribution < -0.4 is 0 Å². The average molecular weight is 220 g/mol. The number of hydrogen-bond acceptors (Lipinski definition) is 1. The minimum Gasteiger partial charge on any atom is -0.349 e. The van der Waals surface area contributed by atoms with E-state index >= 15 is 0 Å². The van der Waals surface area contributed by atoms with Crippen LogP contribution in [0, 0.1) is 0 Å². The molecule has 0 fully saturated rings. The molecule has 2 nitrogen and oxygen atoms in total. The lowest BCUT2D eigenvalue weighted by Gasteiger charge is -1.92. The topological polar surface area (TPSA) is 17.8 Å². The van der Waals surface area contributed by atoms with Crippen molar-refractivity contribution < 1.29 is 0 Å². The molecule has 2 heteroatoms. The summed E-state index contributed by atoms with van der Waals surface area (Å²) in [5.74, 6) is 0. The Balaban J connectivity index is 0.000000509. The number of hydrogen-bond donors (Lipinski definition) is 0. The molecule has 2 aromatic heterocycles. The van der Waals surface area contributed by atoms with Crippen molar-refractivity contribution in [2.45, 2.75) is 41.0 Å². The molecule has 0 unspecified atom stereocenters. The highest BCUT2D eigenvalue weighted by atomic mass is 14.9. The summed E-state index contributed by atoms with van der Waals surface area (Å²) in [6, 6.07) is 2.08. The zero-order chi connectivity index (χ0) is 12.6. The molecular formula is C14H24N2. The lowest BCUT2D eigenvalue weighted by atomic mass is 10.2. The predicted molar refractivity (Wildman–Crippen MR) is 72.8 cm³/mol. The van der Waals surface area contributed by atoms with Crippen LogP contribution in [0.1, 0.15) is 40.2 Å². The van der Waals surface area contributed by atoms with Crippen LogP contribution in [-0.2, 0) is 13.5 Å². The number of rotatable bonds is 1. The molecule has 0 saturated heterocycles. The highest BCUT2D eigenvalue weighted by Gasteiger charge is 2.02. The molecule has 0 aliphatic carbocycles. The van der Waals surface area contributed by atoms with Gasteiger partial charge in [0.1, 0.15) is 0 Å². The smallest absolute Gasteiger partial charge is 0.0666 e. The standard InChI is InChI=1S/C10H12N2.2C2H6/c1-3-8-7-12(2)10-6-11-5-4-9(8)10;2*1-2/h4-7H,3H2,1-2H3;2*1-2H3. The summed E-state index contributed by atoms with van der Waals surface area (Å²) in [4.78, 5) is 4.10. The highest BCUT2D eigenvalue weighted by Crippen LogP contribution is 2.19. The van der Waals surface area contributed by atoms with Gasteiger partial charge in [0.25, 0.3) is 0 Å². The van der Waals surface area contributed by atoms with Crippen molar-refractivity contribution >= 4 is 10.9 Å². The van der Waals surface area contributed by atoms with Gasteiger partial charge < -0.3 is 4.57 Å². The Morgan fingerprint density at radius 2 is 1.81 bits per heavy atom. The summed E-state index contributed by atoms with van der Waals surface area (Å²) in [6.07, 6.45) is 7.02. The van der Waals surface area contributed by atoms with Gasteiger partial charge in [-0.05, 0) is 18.1 Å². The first-order valence-electron chi connectivity index (χ1n) is 6.21. The van der Waals surface area contributed by atoms with Gasteiger partial charge in [0.2, 0.25) is 0 Å². The van der Waals surface area contributed by atoms with Gasteiger partial charge in [0.15, 0.2) is 0 Å². The van der Waals surface area contributed by atoms with Gasteiger partial charge in [0.05, 0.1) is 11.7 Å². The molecule has 0 atom stereocenters. The molecule has 0 N–H and O–H groups in total. The number of aromatic nitrogens is 2. The van der Waals surface area contributed by atoms with Crippen molar-refractivity contribution in [3.63, 3.8) is 0 Å². The van der Waals surface area contributed by atoms with Crippen LogP contribution in [0.2, 0.25) is 0 Å². The van der Waals surface area contributed by atoms with Crippen LogP contribution in [0.3, 0.4) is 0 Å². The molecular weight excluding hydrogens is 196 g/mol. The fourth-order valence-electron chi connectivity index (χ4n) is 1.59. The second kappa shape index (κ2) is 7.91. The third-order valence-corrected chi connectivity index (χ3v) is 2.26. The van der Waals surface area contributed by atoms with Gasteiger partial charge >= 0.3 is 0 Å². The minimum absolute atomic E-state index is 1.08. The maximum absolute atomic E-state index is 4.10. The van der Waals surface area contributed by atoms with Gasteiger partial charge in [-0.3, -0.25) is 4.98 Å². The van der Waals surface area contributed by atoms with Gasteiger partial charge in [-0.25, -0.2) is 0 Å². The van der Waals surface area contributed by atoms with Gasteiger partial charge in [0, 0.05) is 24.8 Å². The molecule has 0 bridgehead atoms. The Hall–Kier alpha value is -1.31. The van der Waals surface area contributed by atoms with Crippen molar-refractivity contribution in [3.05, 3.63) is 30.2 Å². The molecule has 16 heavy (non-hydrogen) atoms. The normalized spacial score (nSPS) is 8.88. The third-order valence-electron chi connectivity index (χ3n) is 2.26. The molecule has 0 aromatic carbocycles. The van der Waals surface area contributed by atoms with E-state index in [0.29, 0.717) is 0 Å². The van der Waals surface area contributed by atoms with Crippen molar-refractivity contribution in [2.24, 2.45) is 7.05 Å². The van der Waals surface area contributed by atoms with E-state index in [9.17, 15) is 0 Å². The molecule has 2 rings (SSSR count). The second-order valence-electron chi connectivity index (χ2n) is 3.01. The maximum atomic E-state index is 4.10. The van der Waals surface area contributed by atoms with E-state index in [4.69, 9.17) is 0 Å². The Bertz CT molecular complexity index is 402. The average Bonchev–Trinajstić information content (AvgIpc) is 2.72. The zero-order valence-corrected chi connectivity index (χ0v) is 11.4. The lowest BCUT2D eigenvalue weighted by Crippen LogP contribution is -1.83. The van der Waals surface area contributed by atoms with Gasteiger partial charge in [-0.2, -0.15) is 0 Å². The molecule has 0 aliphatic heterocycles. The molecule has 90 valence electrons. The van der Waals surface area contributed by atoms with Gasteiger partial charge in [-0.1, -0.05) is 34.6 Å². The fraction of sp³-hybridized carbons (Fsp3) is 0.500. The van der Waals surface area contributed by atoms with Gasteiger partial charge in [-0.15, -0.1) is 0 Å². The summed E-state index contributed by atoms with van der Waals surface area (Å²) in [5, 5.41) is 1.33. The van der Waals surface area contributed by atoms with E-state index in [1.807, 2.05) is 40.1 Å². The Labute approximate surface area is 99.3 Å². The van der Waals surface area contributed by atoms with Crippen molar-refractivity contribution in [3.8, 4) is 0 Å². The number of pyridine rings is 1. The molecule has 0 spiro atoms. The summed E-state index contributed by atoms with van der Waals surface area (Å²) < 4.78 is 2.13. The van der Waals surface area contributed by atoms with Crippen LogP contribution in [0.15, 0.2) is 24.7 Å². The van der Waals surface area contributed by atoms with Crippen molar-refractivity contribution in [2.75, 3.05) is 0 Å². The summed E-state index contributed by atoms with van der Waals surface area (Å²) >= 11 is 0. The van der Waals surface area contributed by atoms with Crippen LogP contribution in [-0.4, -0.2) is 9.55 Å². The predicted octanol–water partition coefficient (Wildman–Crippen LogP) is 4.19. The molecule has 0 amide bonds. The van der Waals surface area contributed by atoms with Crippen LogP contribution in [0.4, 0.5) is 0 Å². The van der Waals surface area contributed by atoms with Crippen molar-refractivity contribution in [1.29, 1.82) is 0 Å². The number of aryl methyl sites for hydroxylation is 2. The minimum atomic E-state index is 1.08. The van der Waals surface area contributed by atoms with Crippen molar-refractivity contribution in [1.82, 2.24) is 9.55 Å². The summed E-state index contributed by atoms with van der Waals surface area (Å²) in [5.41, 5.74) is 2.62. The molecule has 0 aliphatic rings. The lowest BCUT2D eigenvalue weighted by molar-refractivity contribution is 0.951. The molecule has 2 heterocycles. The number of nitrogens with zero attached hydrogens (tertiary/aromatic N) is 2. The Morgan fingerprint density at radius 1 is 1.19 bits per heavy atom. The first kappa shape index (κ1) is 14.7. The summed E-state index contributed by atoms with van der Waals surface area (Å²) in [6.45, 7) is 10.2. The fourth-order valence-corrected chi connectivity index (χ4v) is 1.59. The number of fused-ring (bicyclic) bond motifs is 1. The maximum Gasteiger partial charge on any atom is 0.0666 e. The summed E-state index contributed by atoms with van der Waals surface area (Å²) in [7, 11) is 2.06. The van der Waals surface area contributed by atoms with Crippen LogP contribution >= 0.6 is 0 Å². The van der Waals surface area contributed by atoms with Crippen LogP contribution in [0.5, 0.6) is 0 Å². The highest BCUT2D eigenvalue weighted by molar-refractivity contribution is 5.82. The monoisotopic (exact) mass is 220 g/mol. The van der Waals surface area contributed by atoms with E-state index in [-0.39, 0.29) is 0 Å². The van der Waals surface area contributed by atoms with E-state index in [1.165, 1.54) is 16.5 Å². The van der Waals surface area contributed by atoms with E-state index < -0.39 is 0 Å². The molecule has 2 aromatic rings. The third kappa shape index (κ3) is 3.09. The largest absolute Gasteiger partial charge is 0.349 e. The van der Waals surface area contributed by atoms with E-state index in [1.54, 1.807) is 0 Å². The van der Waals surface area contributed by atoms with E-state index in [0.717, 1.165) is 6.42 Å². The molecule has 0 saturated carbocycles. The zero-order valence-electron chi connectivity index (χ0n) is 11.4. The van der Waals surface area contributed by atoms with Crippen LogP contribution in [0.25, 0.3) is 10.9 Å². The Kier molecular flexibility index (Phi) is 7.27. The molecule has 0 radical (unpaired) electrons. The SMILES string of the molecule is CC.CC.CCc1cn(C)c2cnccc12. The van der Waals surface area contributed by atoms with E-state index in [2.05, 4.69) is 35.8 Å².